The molecule has 1 aromatic carbocycles. The number of aliphatic imine (C=N–C) groups is 1. The van der Waals surface area contributed by atoms with E-state index in [0.717, 1.165) is 23.3 Å². The van der Waals surface area contributed by atoms with E-state index in [1.807, 2.05) is 31.3 Å². The molecule has 2 aromatic rings. The van der Waals surface area contributed by atoms with Crippen LogP contribution in [0.4, 0.5) is 5.82 Å². The minimum Gasteiger partial charge on any atom is -0.370 e. The van der Waals surface area contributed by atoms with Crippen LogP contribution in [0.3, 0.4) is 0 Å². The zero-order chi connectivity index (χ0) is 14.7. The van der Waals surface area contributed by atoms with Gasteiger partial charge in [-0.3, -0.25) is 4.99 Å². The minimum absolute atomic E-state index is 0.601. The van der Waals surface area contributed by atoms with Crippen molar-refractivity contribution in [3.63, 3.8) is 0 Å². The standard InChI is InChI=1S/C16H21N5/c1-21(13-7-8-13)16(17)19-11-10-18-15-9-6-12-4-2-3-5-14(12)20-15/h2-6,9,13H,7-8,10-11H2,1H3,(H2,17,19)(H,18,20). The number of guanidine groups is 1. The molecule has 110 valence electrons. The summed E-state index contributed by atoms with van der Waals surface area (Å²) in [6.45, 7) is 1.38. The summed E-state index contributed by atoms with van der Waals surface area (Å²) in [5, 5.41) is 4.43. The van der Waals surface area contributed by atoms with Crippen LogP contribution in [0.2, 0.25) is 0 Å². The van der Waals surface area contributed by atoms with E-state index in [1.54, 1.807) is 0 Å². The Balaban J connectivity index is 1.53. The predicted molar refractivity (Wildman–Crippen MR) is 87.5 cm³/mol. The monoisotopic (exact) mass is 283 g/mol. The Morgan fingerprint density at radius 1 is 1.33 bits per heavy atom. The third-order valence-corrected chi connectivity index (χ3v) is 3.75. The van der Waals surface area contributed by atoms with Crippen molar-refractivity contribution in [2.24, 2.45) is 10.7 Å². The number of pyridine rings is 1. The summed E-state index contributed by atoms with van der Waals surface area (Å²) in [6, 6.07) is 12.8. The van der Waals surface area contributed by atoms with Crippen molar-refractivity contribution in [3.8, 4) is 0 Å². The van der Waals surface area contributed by atoms with E-state index >= 15 is 0 Å². The van der Waals surface area contributed by atoms with Gasteiger partial charge in [-0.1, -0.05) is 18.2 Å². The van der Waals surface area contributed by atoms with Crippen LogP contribution < -0.4 is 11.1 Å². The quantitative estimate of drug-likeness (QED) is 0.501. The number of aromatic nitrogens is 1. The van der Waals surface area contributed by atoms with Gasteiger partial charge in [0.05, 0.1) is 12.1 Å². The lowest BCUT2D eigenvalue weighted by Crippen LogP contribution is -2.36. The van der Waals surface area contributed by atoms with Crippen molar-refractivity contribution in [1.82, 2.24) is 9.88 Å². The van der Waals surface area contributed by atoms with E-state index in [2.05, 4.69) is 32.3 Å². The fourth-order valence-corrected chi connectivity index (χ4v) is 2.28. The van der Waals surface area contributed by atoms with Gasteiger partial charge in [-0.15, -0.1) is 0 Å². The highest BCUT2D eigenvalue weighted by atomic mass is 15.3. The fraction of sp³-hybridized carbons (Fsp3) is 0.375. The van der Waals surface area contributed by atoms with Crippen LogP contribution in [0.15, 0.2) is 41.4 Å². The van der Waals surface area contributed by atoms with Gasteiger partial charge < -0.3 is 16.0 Å². The largest absolute Gasteiger partial charge is 0.370 e. The summed E-state index contributed by atoms with van der Waals surface area (Å²) >= 11 is 0. The second-order valence-corrected chi connectivity index (χ2v) is 5.40. The summed E-state index contributed by atoms with van der Waals surface area (Å²) in [7, 11) is 2.01. The molecule has 0 radical (unpaired) electrons. The van der Waals surface area contributed by atoms with Crippen LogP contribution >= 0.6 is 0 Å². The molecule has 1 aliphatic carbocycles. The van der Waals surface area contributed by atoms with Crippen LogP contribution in [-0.4, -0.2) is 42.0 Å². The summed E-state index contributed by atoms with van der Waals surface area (Å²) in [6.07, 6.45) is 2.46. The number of anilines is 1. The van der Waals surface area contributed by atoms with Crippen molar-refractivity contribution >= 4 is 22.7 Å². The van der Waals surface area contributed by atoms with Gasteiger partial charge in [-0.25, -0.2) is 4.98 Å². The molecular weight excluding hydrogens is 262 g/mol. The first-order valence-electron chi connectivity index (χ1n) is 7.36. The molecule has 0 amide bonds. The van der Waals surface area contributed by atoms with Gasteiger partial charge in [0.2, 0.25) is 0 Å². The second-order valence-electron chi connectivity index (χ2n) is 5.40. The Hall–Kier alpha value is -2.30. The van der Waals surface area contributed by atoms with Gasteiger partial charge in [0.1, 0.15) is 5.82 Å². The molecule has 0 bridgehead atoms. The highest BCUT2D eigenvalue weighted by Crippen LogP contribution is 2.24. The number of fused-ring (bicyclic) bond motifs is 1. The van der Waals surface area contributed by atoms with Gasteiger partial charge in [-0.2, -0.15) is 0 Å². The van der Waals surface area contributed by atoms with E-state index in [1.165, 1.54) is 12.8 Å². The smallest absolute Gasteiger partial charge is 0.191 e. The van der Waals surface area contributed by atoms with E-state index < -0.39 is 0 Å². The Kier molecular flexibility index (Phi) is 3.90. The number of nitrogens with two attached hydrogens (primary N) is 1. The molecule has 1 aromatic heterocycles. The molecular formula is C16H21N5. The number of nitrogens with zero attached hydrogens (tertiary/aromatic N) is 3. The summed E-state index contributed by atoms with van der Waals surface area (Å²) in [5.41, 5.74) is 6.94. The SMILES string of the molecule is CN(C(N)=NCCNc1ccc2ccccc2n1)C1CC1. The van der Waals surface area contributed by atoms with E-state index in [9.17, 15) is 0 Å². The molecule has 0 atom stereocenters. The summed E-state index contributed by atoms with van der Waals surface area (Å²) in [4.78, 5) is 11.0. The third kappa shape index (κ3) is 3.42. The van der Waals surface area contributed by atoms with Crippen LogP contribution in [0, 0.1) is 0 Å². The lowest BCUT2D eigenvalue weighted by atomic mass is 10.2. The number of nitrogens with one attached hydrogen (secondary N) is 1. The maximum absolute atomic E-state index is 5.94. The first kappa shape index (κ1) is 13.7. The van der Waals surface area contributed by atoms with E-state index in [4.69, 9.17) is 5.73 Å². The zero-order valence-electron chi connectivity index (χ0n) is 12.3. The highest BCUT2D eigenvalue weighted by molar-refractivity contribution is 5.80. The van der Waals surface area contributed by atoms with Crippen molar-refractivity contribution in [1.29, 1.82) is 0 Å². The molecule has 3 rings (SSSR count). The minimum atomic E-state index is 0.601. The molecule has 5 heteroatoms. The Bertz CT molecular complexity index is 648. The average molecular weight is 283 g/mol. The van der Waals surface area contributed by atoms with Gasteiger partial charge in [0.25, 0.3) is 0 Å². The Labute approximate surface area is 124 Å². The van der Waals surface area contributed by atoms with Crippen molar-refractivity contribution < 1.29 is 0 Å². The zero-order valence-corrected chi connectivity index (χ0v) is 12.3. The first-order chi connectivity index (χ1) is 10.2. The topological polar surface area (TPSA) is 66.5 Å². The third-order valence-electron chi connectivity index (χ3n) is 3.75. The van der Waals surface area contributed by atoms with Crippen LogP contribution in [0.25, 0.3) is 10.9 Å². The van der Waals surface area contributed by atoms with E-state index in [0.29, 0.717) is 18.5 Å². The molecule has 1 saturated carbocycles. The summed E-state index contributed by atoms with van der Waals surface area (Å²) < 4.78 is 0. The van der Waals surface area contributed by atoms with Crippen molar-refractivity contribution in [2.45, 2.75) is 18.9 Å². The fourth-order valence-electron chi connectivity index (χ4n) is 2.28. The molecule has 1 fully saturated rings. The second kappa shape index (κ2) is 5.99. The van der Waals surface area contributed by atoms with E-state index in [-0.39, 0.29) is 0 Å². The molecule has 0 unspecified atom stereocenters. The van der Waals surface area contributed by atoms with Gasteiger partial charge >= 0.3 is 0 Å². The maximum atomic E-state index is 5.94. The summed E-state index contributed by atoms with van der Waals surface area (Å²) in [5.74, 6) is 1.50. The highest BCUT2D eigenvalue weighted by Gasteiger charge is 2.27. The maximum Gasteiger partial charge on any atom is 0.191 e. The number of para-hydroxylation sites is 1. The molecule has 0 saturated heterocycles. The molecule has 0 aliphatic heterocycles. The van der Waals surface area contributed by atoms with Crippen LogP contribution in [-0.2, 0) is 0 Å². The number of hydrogen-bond acceptors (Lipinski definition) is 3. The predicted octanol–water partition coefficient (Wildman–Crippen LogP) is 2.06. The Morgan fingerprint density at radius 3 is 2.95 bits per heavy atom. The molecule has 21 heavy (non-hydrogen) atoms. The van der Waals surface area contributed by atoms with Gasteiger partial charge in [0, 0.05) is 25.0 Å². The number of hydrogen-bond donors (Lipinski definition) is 2. The first-order valence-corrected chi connectivity index (χ1v) is 7.36. The lowest BCUT2D eigenvalue weighted by molar-refractivity contribution is 0.488. The molecule has 1 heterocycles. The van der Waals surface area contributed by atoms with Gasteiger partial charge in [0.15, 0.2) is 5.96 Å². The van der Waals surface area contributed by atoms with Crippen LogP contribution in [0.1, 0.15) is 12.8 Å². The number of rotatable bonds is 5. The van der Waals surface area contributed by atoms with Gasteiger partial charge in [-0.05, 0) is 31.0 Å². The van der Waals surface area contributed by atoms with Crippen molar-refractivity contribution in [2.75, 3.05) is 25.5 Å². The van der Waals surface area contributed by atoms with Crippen LogP contribution in [0.5, 0.6) is 0 Å². The normalized spacial score (nSPS) is 15.2. The Morgan fingerprint density at radius 2 is 2.14 bits per heavy atom. The molecule has 0 spiro atoms. The molecule has 1 aliphatic rings. The molecule has 3 N–H and O–H groups in total. The van der Waals surface area contributed by atoms with Crippen molar-refractivity contribution in [3.05, 3.63) is 36.4 Å². The molecule has 5 nitrogen and oxygen atoms in total. The number of benzene rings is 1. The average Bonchev–Trinajstić information content (AvgIpc) is 3.35. The lowest BCUT2D eigenvalue weighted by Gasteiger charge is -2.16.